The first-order valence-electron chi connectivity index (χ1n) is 6.66. The number of ether oxygens (including phenoxy) is 1. The molecule has 0 amide bonds. The Kier molecular flexibility index (Phi) is 3.70. The van der Waals surface area contributed by atoms with Crippen LogP contribution in [0.2, 0.25) is 0 Å². The van der Waals surface area contributed by atoms with Gasteiger partial charge < -0.3 is 4.74 Å². The maximum atomic E-state index is 13.1. The number of benzene rings is 1. The van der Waals surface area contributed by atoms with Crippen molar-refractivity contribution < 1.29 is 9.13 Å². The molecule has 2 rings (SSSR count). The largest absolute Gasteiger partial charge is 0.487 e. The van der Waals surface area contributed by atoms with Gasteiger partial charge in [-0.1, -0.05) is 26.7 Å². The van der Waals surface area contributed by atoms with Crippen LogP contribution >= 0.6 is 0 Å². The van der Waals surface area contributed by atoms with Crippen molar-refractivity contribution >= 4 is 0 Å². The summed E-state index contributed by atoms with van der Waals surface area (Å²) in [6.45, 7) is 4.39. The van der Waals surface area contributed by atoms with Crippen LogP contribution in [0.15, 0.2) is 18.2 Å². The fraction of sp³-hybridized carbons (Fsp3) is 0.600. The van der Waals surface area contributed by atoms with Crippen LogP contribution in [0, 0.1) is 5.82 Å². The lowest BCUT2D eigenvalue weighted by Crippen LogP contribution is -2.39. The molecule has 2 heteroatoms. The first-order valence-corrected chi connectivity index (χ1v) is 6.66. The van der Waals surface area contributed by atoms with Crippen LogP contribution in [0.25, 0.3) is 0 Å². The minimum absolute atomic E-state index is 0.00563. The van der Waals surface area contributed by atoms with Crippen molar-refractivity contribution in [1.82, 2.24) is 0 Å². The fourth-order valence-corrected chi connectivity index (χ4v) is 2.88. The molecule has 0 N–H and O–H groups in total. The second kappa shape index (κ2) is 5.07. The Morgan fingerprint density at radius 1 is 1.24 bits per heavy atom. The monoisotopic (exact) mass is 236 g/mol. The summed E-state index contributed by atoms with van der Waals surface area (Å²) in [5.74, 6) is 0.727. The standard InChI is InChI=1S/C15H21FO/c1-3-8-15(9-4-2)10-7-12-11-13(16)5-6-14(12)17-15/h5-6,11H,3-4,7-10H2,1-2H3. The average Bonchev–Trinajstić information content (AvgIpc) is 2.30. The predicted molar refractivity (Wildman–Crippen MR) is 67.9 cm³/mol. The van der Waals surface area contributed by atoms with Crippen LogP contribution in [-0.2, 0) is 6.42 Å². The molecule has 94 valence electrons. The minimum atomic E-state index is -0.161. The normalized spacial score (nSPS) is 17.4. The van der Waals surface area contributed by atoms with Crippen molar-refractivity contribution in [3.8, 4) is 5.75 Å². The molecule has 1 aromatic rings. The van der Waals surface area contributed by atoms with Crippen molar-refractivity contribution in [2.75, 3.05) is 0 Å². The molecule has 0 radical (unpaired) electrons. The Hall–Kier alpha value is -1.05. The number of halogens is 1. The molecule has 1 nitrogen and oxygen atoms in total. The van der Waals surface area contributed by atoms with Crippen LogP contribution in [-0.4, -0.2) is 5.60 Å². The second-order valence-electron chi connectivity index (χ2n) is 5.04. The molecular formula is C15H21FO. The van der Waals surface area contributed by atoms with Crippen LogP contribution in [0.5, 0.6) is 5.75 Å². The molecule has 0 spiro atoms. The molecule has 0 aromatic heterocycles. The van der Waals surface area contributed by atoms with Gasteiger partial charge in [-0.3, -0.25) is 0 Å². The first-order chi connectivity index (χ1) is 8.19. The van der Waals surface area contributed by atoms with E-state index in [1.165, 1.54) is 6.07 Å². The van der Waals surface area contributed by atoms with E-state index in [1.807, 2.05) is 0 Å². The SMILES string of the molecule is CCCC1(CCC)CCc2cc(F)ccc2O1. The van der Waals surface area contributed by atoms with E-state index in [1.54, 1.807) is 12.1 Å². The molecule has 0 saturated heterocycles. The van der Waals surface area contributed by atoms with Crippen LogP contribution in [0.4, 0.5) is 4.39 Å². The Balaban J connectivity index is 2.23. The third-order valence-electron chi connectivity index (χ3n) is 3.61. The summed E-state index contributed by atoms with van der Waals surface area (Å²) in [6, 6.07) is 4.88. The molecule has 0 aliphatic carbocycles. The molecule has 0 fully saturated rings. The van der Waals surface area contributed by atoms with Crippen LogP contribution in [0.1, 0.15) is 51.5 Å². The third kappa shape index (κ3) is 2.62. The summed E-state index contributed by atoms with van der Waals surface area (Å²) in [5, 5.41) is 0. The van der Waals surface area contributed by atoms with Crippen molar-refractivity contribution in [1.29, 1.82) is 0 Å². The quantitative estimate of drug-likeness (QED) is 0.748. The Labute approximate surface area is 103 Å². The van der Waals surface area contributed by atoms with E-state index in [-0.39, 0.29) is 11.4 Å². The van der Waals surface area contributed by atoms with E-state index >= 15 is 0 Å². The van der Waals surface area contributed by atoms with Gasteiger partial charge in [-0.2, -0.15) is 0 Å². The summed E-state index contributed by atoms with van der Waals surface area (Å²) < 4.78 is 19.3. The molecule has 0 bridgehead atoms. The highest BCUT2D eigenvalue weighted by molar-refractivity contribution is 5.36. The number of rotatable bonds is 4. The van der Waals surface area contributed by atoms with Gasteiger partial charge in [-0.25, -0.2) is 4.39 Å². The highest BCUT2D eigenvalue weighted by atomic mass is 19.1. The summed E-state index contributed by atoms with van der Waals surface area (Å²) in [5.41, 5.74) is 1.02. The molecule has 1 heterocycles. The average molecular weight is 236 g/mol. The number of hydrogen-bond acceptors (Lipinski definition) is 1. The fourth-order valence-electron chi connectivity index (χ4n) is 2.88. The summed E-state index contributed by atoms with van der Waals surface area (Å²) in [4.78, 5) is 0. The summed E-state index contributed by atoms with van der Waals surface area (Å²) in [7, 11) is 0. The van der Waals surface area contributed by atoms with Crippen molar-refractivity contribution in [3.05, 3.63) is 29.6 Å². The minimum Gasteiger partial charge on any atom is -0.487 e. The van der Waals surface area contributed by atoms with Gasteiger partial charge >= 0.3 is 0 Å². The van der Waals surface area contributed by atoms with Crippen molar-refractivity contribution in [2.45, 2.75) is 58.0 Å². The third-order valence-corrected chi connectivity index (χ3v) is 3.61. The van der Waals surface area contributed by atoms with Crippen LogP contribution < -0.4 is 4.74 Å². The van der Waals surface area contributed by atoms with E-state index < -0.39 is 0 Å². The van der Waals surface area contributed by atoms with Gasteiger partial charge in [0.2, 0.25) is 0 Å². The van der Waals surface area contributed by atoms with Crippen molar-refractivity contribution in [3.63, 3.8) is 0 Å². The molecule has 1 aromatic carbocycles. The number of fused-ring (bicyclic) bond motifs is 1. The van der Waals surface area contributed by atoms with E-state index in [4.69, 9.17) is 4.74 Å². The summed E-state index contributed by atoms with van der Waals surface area (Å²) >= 11 is 0. The Morgan fingerprint density at radius 3 is 2.59 bits per heavy atom. The number of hydrogen-bond donors (Lipinski definition) is 0. The zero-order valence-electron chi connectivity index (χ0n) is 10.8. The van der Waals surface area contributed by atoms with Gasteiger partial charge in [0.1, 0.15) is 17.2 Å². The molecular weight excluding hydrogens is 215 g/mol. The Bertz CT molecular complexity index is 381. The van der Waals surface area contributed by atoms with E-state index in [0.29, 0.717) is 0 Å². The smallest absolute Gasteiger partial charge is 0.123 e. The highest BCUT2D eigenvalue weighted by Crippen LogP contribution is 2.38. The lowest BCUT2D eigenvalue weighted by Gasteiger charge is -2.39. The zero-order valence-corrected chi connectivity index (χ0v) is 10.8. The predicted octanol–water partition coefficient (Wildman–Crippen LogP) is 4.49. The maximum Gasteiger partial charge on any atom is 0.123 e. The van der Waals surface area contributed by atoms with Gasteiger partial charge in [0, 0.05) is 0 Å². The van der Waals surface area contributed by atoms with Gasteiger partial charge in [-0.15, -0.1) is 0 Å². The van der Waals surface area contributed by atoms with Gasteiger partial charge in [0.15, 0.2) is 0 Å². The van der Waals surface area contributed by atoms with Gasteiger partial charge in [0.25, 0.3) is 0 Å². The van der Waals surface area contributed by atoms with E-state index in [2.05, 4.69) is 13.8 Å². The van der Waals surface area contributed by atoms with Gasteiger partial charge in [0.05, 0.1) is 0 Å². The molecule has 1 aliphatic rings. The Morgan fingerprint density at radius 2 is 1.94 bits per heavy atom. The van der Waals surface area contributed by atoms with Crippen LogP contribution in [0.3, 0.4) is 0 Å². The van der Waals surface area contributed by atoms with E-state index in [9.17, 15) is 4.39 Å². The van der Waals surface area contributed by atoms with Gasteiger partial charge in [-0.05, 0) is 49.4 Å². The zero-order chi connectivity index (χ0) is 12.3. The summed E-state index contributed by atoms with van der Waals surface area (Å²) in [6.07, 6.45) is 6.42. The first kappa shape index (κ1) is 12.4. The van der Waals surface area contributed by atoms with Crippen molar-refractivity contribution in [2.24, 2.45) is 0 Å². The molecule has 0 unspecified atom stereocenters. The molecule has 1 aliphatic heterocycles. The molecule has 17 heavy (non-hydrogen) atoms. The van der Waals surface area contributed by atoms with E-state index in [0.717, 1.165) is 49.8 Å². The second-order valence-corrected chi connectivity index (χ2v) is 5.04. The lowest BCUT2D eigenvalue weighted by molar-refractivity contribution is 0.0274. The topological polar surface area (TPSA) is 9.23 Å². The lowest BCUT2D eigenvalue weighted by atomic mass is 9.84. The number of aryl methyl sites for hydroxylation is 1. The molecule has 0 saturated carbocycles. The molecule has 0 atom stereocenters. The highest BCUT2D eigenvalue weighted by Gasteiger charge is 2.34. The maximum absolute atomic E-state index is 13.1.